The second kappa shape index (κ2) is 8.68. The maximum atomic E-state index is 12.7. The van der Waals surface area contributed by atoms with Crippen molar-refractivity contribution in [1.29, 1.82) is 0 Å². The summed E-state index contributed by atoms with van der Waals surface area (Å²) < 4.78 is 4.98. The first-order chi connectivity index (χ1) is 13.1. The van der Waals surface area contributed by atoms with Crippen LogP contribution in [-0.4, -0.2) is 35.1 Å². The highest BCUT2D eigenvalue weighted by molar-refractivity contribution is 8.18. The Morgan fingerprint density at radius 3 is 2.44 bits per heavy atom. The SMILES string of the molecule is CCOC(=O)c1ccc(N=C2S/C(=C\c3ccccc3)C(=O)N2CC)cc1. The average molecular weight is 380 g/mol. The van der Waals surface area contributed by atoms with Crippen LogP contribution >= 0.6 is 11.8 Å². The molecule has 0 atom stereocenters. The number of hydrogen-bond donors (Lipinski definition) is 0. The van der Waals surface area contributed by atoms with Crippen LogP contribution in [0.2, 0.25) is 0 Å². The summed E-state index contributed by atoms with van der Waals surface area (Å²) >= 11 is 1.36. The van der Waals surface area contributed by atoms with Crippen LogP contribution in [0.4, 0.5) is 5.69 Å². The lowest BCUT2D eigenvalue weighted by Gasteiger charge is -2.12. The molecule has 0 aromatic heterocycles. The van der Waals surface area contributed by atoms with E-state index in [9.17, 15) is 9.59 Å². The summed E-state index contributed by atoms with van der Waals surface area (Å²) in [4.78, 5) is 31.3. The van der Waals surface area contributed by atoms with Gasteiger partial charge in [0.1, 0.15) is 0 Å². The summed E-state index contributed by atoms with van der Waals surface area (Å²) in [7, 11) is 0. The largest absolute Gasteiger partial charge is 0.462 e. The molecule has 1 amide bonds. The first kappa shape index (κ1) is 18.9. The Hall–Kier alpha value is -2.86. The lowest BCUT2D eigenvalue weighted by atomic mass is 10.2. The molecule has 1 fully saturated rings. The number of nitrogens with zero attached hydrogens (tertiary/aromatic N) is 2. The van der Waals surface area contributed by atoms with Crippen LogP contribution in [0.3, 0.4) is 0 Å². The molecule has 3 rings (SSSR count). The molecule has 0 bridgehead atoms. The number of esters is 1. The van der Waals surface area contributed by atoms with Gasteiger partial charge in [0.05, 0.1) is 22.8 Å². The van der Waals surface area contributed by atoms with Gasteiger partial charge < -0.3 is 4.74 Å². The lowest BCUT2D eigenvalue weighted by Crippen LogP contribution is -2.28. The molecule has 138 valence electrons. The normalized spacial score (nSPS) is 17.0. The van der Waals surface area contributed by atoms with Crippen molar-refractivity contribution in [2.75, 3.05) is 13.2 Å². The minimum absolute atomic E-state index is 0.0479. The number of benzene rings is 2. The van der Waals surface area contributed by atoms with Gasteiger partial charge in [0.25, 0.3) is 5.91 Å². The van der Waals surface area contributed by atoms with E-state index in [1.54, 1.807) is 36.1 Å². The number of carbonyl (C=O) groups excluding carboxylic acids is 2. The Morgan fingerprint density at radius 2 is 1.81 bits per heavy atom. The van der Waals surface area contributed by atoms with Crippen LogP contribution in [0, 0.1) is 0 Å². The lowest BCUT2D eigenvalue weighted by molar-refractivity contribution is -0.122. The number of amidine groups is 1. The zero-order valence-corrected chi connectivity index (χ0v) is 16.0. The third-order valence-corrected chi connectivity index (χ3v) is 4.91. The Kier molecular flexibility index (Phi) is 6.08. The number of likely N-dealkylation sites (N-methyl/N-ethyl adjacent to an activating group) is 1. The zero-order chi connectivity index (χ0) is 19.2. The molecule has 0 radical (unpaired) electrons. The van der Waals surface area contributed by atoms with E-state index in [1.807, 2.05) is 43.3 Å². The molecule has 27 heavy (non-hydrogen) atoms. The van der Waals surface area contributed by atoms with Crippen LogP contribution in [0.1, 0.15) is 29.8 Å². The summed E-state index contributed by atoms with van der Waals surface area (Å²) in [5.41, 5.74) is 2.13. The van der Waals surface area contributed by atoms with E-state index >= 15 is 0 Å². The van der Waals surface area contributed by atoms with Gasteiger partial charge in [0.15, 0.2) is 5.17 Å². The van der Waals surface area contributed by atoms with Gasteiger partial charge in [-0.25, -0.2) is 9.79 Å². The number of carbonyl (C=O) groups is 2. The van der Waals surface area contributed by atoms with Crippen molar-refractivity contribution in [3.63, 3.8) is 0 Å². The van der Waals surface area contributed by atoms with Crippen molar-refractivity contribution in [1.82, 2.24) is 4.90 Å². The molecule has 2 aromatic carbocycles. The molecule has 1 aliphatic rings. The molecule has 0 N–H and O–H groups in total. The standard InChI is InChI=1S/C21H20N2O3S/c1-3-23-19(24)18(14-15-8-6-5-7-9-15)27-21(23)22-17-12-10-16(11-13-17)20(25)26-4-2/h5-14H,3-4H2,1-2H3/b18-14-,22-21?. The summed E-state index contributed by atoms with van der Waals surface area (Å²) in [6.45, 7) is 4.57. The third kappa shape index (κ3) is 4.46. The number of thioether (sulfide) groups is 1. The van der Waals surface area contributed by atoms with E-state index in [0.29, 0.717) is 34.5 Å². The van der Waals surface area contributed by atoms with Crippen molar-refractivity contribution in [3.8, 4) is 0 Å². The maximum absolute atomic E-state index is 12.7. The average Bonchev–Trinajstić information content (AvgIpc) is 2.97. The van der Waals surface area contributed by atoms with E-state index < -0.39 is 0 Å². The molecule has 5 nitrogen and oxygen atoms in total. The Labute approximate surface area is 162 Å². The molecule has 2 aromatic rings. The van der Waals surface area contributed by atoms with Gasteiger partial charge in [-0.2, -0.15) is 0 Å². The number of amides is 1. The molecule has 1 aliphatic heterocycles. The van der Waals surface area contributed by atoms with Crippen molar-refractivity contribution in [3.05, 3.63) is 70.6 Å². The van der Waals surface area contributed by atoms with Crippen LogP contribution in [0.15, 0.2) is 64.5 Å². The first-order valence-electron chi connectivity index (χ1n) is 8.74. The van der Waals surface area contributed by atoms with Crippen LogP contribution < -0.4 is 0 Å². The fraction of sp³-hybridized carbons (Fsp3) is 0.190. The topological polar surface area (TPSA) is 59.0 Å². The highest BCUT2D eigenvalue weighted by Gasteiger charge is 2.32. The second-order valence-electron chi connectivity index (χ2n) is 5.73. The fourth-order valence-corrected chi connectivity index (χ4v) is 3.63. The van der Waals surface area contributed by atoms with Gasteiger partial charge in [0.2, 0.25) is 0 Å². The molecule has 0 saturated carbocycles. The minimum atomic E-state index is -0.356. The van der Waals surface area contributed by atoms with Gasteiger partial charge in [-0.05, 0) is 61.5 Å². The molecule has 0 unspecified atom stereocenters. The van der Waals surface area contributed by atoms with Crippen molar-refractivity contribution >= 4 is 40.6 Å². The quantitative estimate of drug-likeness (QED) is 0.567. The molecule has 6 heteroatoms. The monoisotopic (exact) mass is 380 g/mol. The second-order valence-corrected chi connectivity index (χ2v) is 6.74. The Balaban J connectivity index is 1.84. The van der Waals surface area contributed by atoms with Crippen molar-refractivity contribution in [2.24, 2.45) is 4.99 Å². The first-order valence-corrected chi connectivity index (χ1v) is 9.56. The highest BCUT2D eigenvalue weighted by Crippen LogP contribution is 2.34. The number of aliphatic imine (C=N–C) groups is 1. The van der Waals surface area contributed by atoms with E-state index in [-0.39, 0.29) is 11.9 Å². The minimum Gasteiger partial charge on any atom is -0.462 e. The van der Waals surface area contributed by atoms with Crippen molar-refractivity contribution in [2.45, 2.75) is 13.8 Å². The summed E-state index contributed by atoms with van der Waals surface area (Å²) in [5.74, 6) is -0.404. The number of rotatable bonds is 5. The molecule has 0 aliphatic carbocycles. The molecular formula is C21H20N2O3S. The summed E-state index contributed by atoms with van der Waals surface area (Å²) in [5, 5.41) is 0.633. The van der Waals surface area contributed by atoms with Gasteiger partial charge in [-0.1, -0.05) is 30.3 Å². The number of ether oxygens (including phenoxy) is 1. The van der Waals surface area contributed by atoms with Crippen LogP contribution in [0.25, 0.3) is 6.08 Å². The number of hydrogen-bond acceptors (Lipinski definition) is 5. The molecule has 1 heterocycles. The Bertz CT molecular complexity index is 889. The predicted octanol–water partition coefficient (Wildman–Crippen LogP) is 4.49. The van der Waals surface area contributed by atoms with Crippen LogP contribution in [-0.2, 0) is 9.53 Å². The van der Waals surface area contributed by atoms with Crippen LogP contribution in [0.5, 0.6) is 0 Å². The summed E-state index contributed by atoms with van der Waals surface area (Å²) in [6.07, 6.45) is 1.88. The van der Waals surface area contributed by atoms with Gasteiger partial charge in [-0.3, -0.25) is 9.69 Å². The Morgan fingerprint density at radius 1 is 1.11 bits per heavy atom. The smallest absolute Gasteiger partial charge is 0.338 e. The summed E-state index contributed by atoms with van der Waals surface area (Å²) in [6, 6.07) is 16.6. The molecule has 0 spiro atoms. The third-order valence-electron chi connectivity index (χ3n) is 3.90. The van der Waals surface area contributed by atoms with E-state index in [2.05, 4.69) is 4.99 Å². The highest BCUT2D eigenvalue weighted by atomic mass is 32.2. The predicted molar refractivity (Wildman–Crippen MR) is 109 cm³/mol. The molecular weight excluding hydrogens is 360 g/mol. The zero-order valence-electron chi connectivity index (χ0n) is 15.2. The fourth-order valence-electron chi connectivity index (χ4n) is 2.57. The maximum Gasteiger partial charge on any atom is 0.338 e. The van der Waals surface area contributed by atoms with Gasteiger partial charge >= 0.3 is 5.97 Å². The van der Waals surface area contributed by atoms with E-state index in [1.165, 1.54) is 11.8 Å². The van der Waals surface area contributed by atoms with E-state index in [4.69, 9.17) is 4.74 Å². The molecule has 1 saturated heterocycles. The van der Waals surface area contributed by atoms with E-state index in [0.717, 1.165) is 5.56 Å². The van der Waals surface area contributed by atoms with Gasteiger partial charge in [0, 0.05) is 6.54 Å². The van der Waals surface area contributed by atoms with Gasteiger partial charge in [-0.15, -0.1) is 0 Å². The van der Waals surface area contributed by atoms with Crippen molar-refractivity contribution < 1.29 is 14.3 Å².